The monoisotopic (exact) mass is 402 g/mol. The van der Waals surface area contributed by atoms with E-state index in [4.69, 9.17) is 0 Å². The third kappa shape index (κ3) is 3.98. The van der Waals surface area contributed by atoms with Crippen LogP contribution in [-0.4, -0.2) is 24.1 Å². The molecule has 0 unspecified atom stereocenters. The lowest BCUT2D eigenvalue weighted by Gasteiger charge is -2.16. The van der Waals surface area contributed by atoms with E-state index in [1.165, 1.54) is 24.3 Å². The first-order valence-electron chi connectivity index (χ1n) is 9.64. The number of carbonyl (C=O) groups is 3. The van der Waals surface area contributed by atoms with Gasteiger partial charge in [-0.1, -0.05) is 18.2 Å². The molecule has 4 rings (SSSR count). The molecule has 1 fully saturated rings. The minimum absolute atomic E-state index is 0.0972. The number of carbonyl (C=O) groups excluding carboxylic acids is 3. The molecule has 0 aliphatic carbocycles. The van der Waals surface area contributed by atoms with Crippen LogP contribution in [0, 0.1) is 5.82 Å². The van der Waals surface area contributed by atoms with Crippen LogP contribution in [0.25, 0.3) is 0 Å². The number of hydrogen-bond acceptors (Lipinski definition) is 3. The zero-order valence-corrected chi connectivity index (χ0v) is 16.1. The fourth-order valence-corrected chi connectivity index (χ4v) is 3.48. The molecule has 1 aliphatic heterocycles. The number of halogens is 1. The third-order valence-corrected chi connectivity index (χ3v) is 5.03. The molecule has 0 radical (unpaired) electrons. The van der Waals surface area contributed by atoms with Gasteiger partial charge < -0.3 is 10.2 Å². The number of benzene rings is 3. The molecule has 0 bridgehead atoms. The summed E-state index contributed by atoms with van der Waals surface area (Å²) in [5.74, 6) is -1.12. The normalized spacial score (nSPS) is 13.4. The van der Waals surface area contributed by atoms with Crippen molar-refractivity contribution in [1.29, 1.82) is 0 Å². The van der Waals surface area contributed by atoms with Gasteiger partial charge >= 0.3 is 0 Å². The standard InChI is InChI=1S/C24H19FN2O3/c25-17-9-7-16(8-10-17)23(29)20-4-1-2-5-21(20)24(30)26-18-11-13-19(14-12-18)27-15-3-6-22(27)28/h1-2,4-5,7-14H,3,6,15H2,(H,26,30). The van der Waals surface area contributed by atoms with Crippen molar-refractivity contribution in [2.75, 3.05) is 16.8 Å². The number of ketones is 1. The zero-order valence-electron chi connectivity index (χ0n) is 16.1. The molecule has 30 heavy (non-hydrogen) atoms. The van der Waals surface area contributed by atoms with Crippen LogP contribution in [0.5, 0.6) is 0 Å². The van der Waals surface area contributed by atoms with E-state index in [0.29, 0.717) is 24.2 Å². The lowest BCUT2D eigenvalue weighted by molar-refractivity contribution is -0.117. The maximum atomic E-state index is 13.2. The first-order valence-corrected chi connectivity index (χ1v) is 9.64. The first-order chi connectivity index (χ1) is 14.5. The summed E-state index contributed by atoms with van der Waals surface area (Å²) >= 11 is 0. The minimum Gasteiger partial charge on any atom is -0.322 e. The summed E-state index contributed by atoms with van der Waals surface area (Å²) in [4.78, 5) is 39.2. The smallest absolute Gasteiger partial charge is 0.256 e. The summed E-state index contributed by atoms with van der Waals surface area (Å²) in [6.07, 6.45) is 1.40. The highest BCUT2D eigenvalue weighted by Gasteiger charge is 2.22. The summed E-state index contributed by atoms with van der Waals surface area (Å²) in [6.45, 7) is 0.698. The molecule has 0 spiro atoms. The summed E-state index contributed by atoms with van der Waals surface area (Å²) in [5.41, 5.74) is 2.12. The fraction of sp³-hybridized carbons (Fsp3) is 0.125. The molecule has 1 heterocycles. The SMILES string of the molecule is O=C(Nc1ccc(N2CCCC2=O)cc1)c1ccccc1C(=O)c1ccc(F)cc1. The topological polar surface area (TPSA) is 66.5 Å². The fourth-order valence-electron chi connectivity index (χ4n) is 3.48. The molecule has 6 heteroatoms. The van der Waals surface area contributed by atoms with Crippen LogP contribution in [0.15, 0.2) is 72.8 Å². The van der Waals surface area contributed by atoms with Crippen LogP contribution < -0.4 is 10.2 Å². The molecule has 5 nitrogen and oxygen atoms in total. The van der Waals surface area contributed by atoms with E-state index in [1.54, 1.807) is 53.4 Å². The van der Waals surface area contributed by atoms with Gasteiger partial charge in [-0.3, -0.25) is 14.4 Å². The van der Waals surface area contributed by atoms with Gasteiger partial charge in [0.05, 0.1) is 5.56 Å². The quantitative estimate of drug-likeness (QED) is 0.642. The van der Waals surface area contributed by atoms with Gasteiger partial charge in [0.2, 0.25) is 5.91 Å². The second-order valence-electron chi connectivity index (χ2n) is 7.03. The molecule has 150 valence electrons. The average Bonchev–Trinajstić information content (AvgIpc) is 3.20. The third-order valence-electron chi connectivity index (χ3n) is 5.03. The van der Waals surface area contributed by atoms with Gasteiger partial charge in [-0.25, -0.2) is 4.39 Å². The Morgan fingerprint density at radius 1 is 0.867 bits per heavy atom. The highest BCUT2D eigenvalue weighted by Crippen LogP contribution is 2.24. The molecular formula is C24H19FN2O3. The Balaban J connectivity index is 1.53. The maximum Gasteiger partial charge on any atom is 0.256 e. The number of amides is 2. The van der Waals surface area contributed by atoms with Crippen molar-refractivity contribution in [3.63, 3.8) is 0 Å². The van der Waals surface area contributed by atoms with E-state index >= 15 is 0 Å². The van der Waals surface area contributed by atoms with Crippen molar-refractivity contribution in [2.45, 2.75) is 12.8 Å². The highest BCUT2D eigenvalue weighted by molar-refractivity contribution is 6.17. The Kier molecular flexibility index (Phi) is 5.39. The Morgan fingerprint density at radius 2 is 1.53 bits per heavy atom. The van der Waals surface area contributed by atoms with Crippen LogP contribution >= 0.6 is 0 Å². The predicted octanol–water partition coefficient (Wildman–Crippen LogP) is 4.44. The van der Waals surface area contributed by atoms with Crippen molar-refractivity contribution in [2.24, 2.45) is 0 Å². The maximum absolute atomic E-state index is 13.2. The van der Waals surface area contributed by atoms with Crippen LogP contribution in [-0.2, 0) is 4.79 Å². The Morgan fingerprint density at radius 3 is 2.17 bits per heavy atom. The predicted molar refractivity (Wildman–Crippen MR) is 112 cm³/mol. The van der Waals surface area contributed by atoms with E-state index in [2.05, 4.69) is 5.32 Å². The molecule has 0 aromatic heterocycles. The molecule has 0 atom stereocenters. The summed E-state index contributed by atoms with van der Waals surface area (Å²) in [5, 5.41) is 2.79. The summed E-state index contributed by atoms with van der Waals surface area (Å²) in [6, 6.07) is 18.7. The van der Waals surface area contributed by atoms with Gasteiger partial charge in [-0.15, -0.1) is 0 Å². The second-order valence-corrected chi connectivity index (χ2v) is 7.03. The summed E-state index contributed by atoms with van der Waals surface area (Å²) in [7, 11) is 0. The lowest BCUT2D eigenvalue weighted by Crippen LogP contribution is -2.23. The molecule has 3 aromatic carbocycles. The molecule has 3 aromatic rings. The molecule has 1 aliphatic rings. The molecular weight excluding hydrogens is 383 g/mol. The van der Waals surface area contributed by atoms with Crippen molar-refractivity contribution >= 4 is 29.0 Å². The van der Waals surface area contributed by atoms with Crippen LogP contribution in [0.3, 0.4) is 0 Å². The average molecular weight is 402 g/mol. The number of hydrogen-bond donors (Lipinski definition) is 1. The summed E-state index contributed by atoms with van der Waals surface area (Å²) < 4.78 is 13.2. The van der Waals surface area contributed by atoms with Gasteiger partial charge in [-0.2, -0.15) is 0 Å². The number of rotatable bonds is 5. The first kappa shape index (κ1) is 19.5. The number of anilines is 2. The zero-order chi connectivity index (χ0) is 21.1. The minimum atomic E-state index is -0.434. The molecule has 1 saturated heterocycles. The van der Waals surface area contributed by atoms with Crippen LogP contribution in [0.2, 0.25) is 0 Å². The van der Waals surface area contributed by atoms with E-state index < -0.39 is 11.7 Å². The van der Waals surface area contributed by atoms with Crippen LogP contribution in [0.4, 0.5) is 15.8 Å². The Labute approximate surface area is 173 Å². The van der Waals surface area contributed by atoms with E-state index in [0.717, 1.165) is 12.1 Å². The Bertz CT molecular complexity index is 1110. The van der Waals surface area contributed by atoms with E-state index in [-0.39, 0.29) is 22.8 Å². The number of nitrogens with one attached hydrogen (secondary N) is 1. The highest BCUT2D eigenvalue weighted by atomic mass is 19.1. The van der Waals surface area contributed by atoms with Crippen molar-refractivity contribution in [3.05, 3.63) is 95.3 Å². The van der Waals surface area contributed by atoms with Gasteiger partial charge in [0.15, 0.2) is 5.78 Å². The van der Waals surface area contributed by atoms with Gasteiger partial charge in [0, 0.05) is 35.5 Å². The van der Waals surface area contributed by atoms with Crippen LogP contribution in [0.1, 0.15) is 39.1 Å². The van der Waals surface area contributed by atoms with Crippen molar-refractivity contribution < 1.29 is 18.8 Å². The molecule has 2 amide bonds. The number of nitrogens with zero attached hydrogens (tertiary/aromatic N) is 1. The van der Waals surface area contributed by atoms with Crippen molar-refractivity contribution in [1.82, 2.24) is 0 Å². The molecule has 1 N–H and O–H groups in total. The lowest BCUT2D eigenvalue weighted by atomic mass is 9.98. The van der Waals surface area contributed by atoms with Crippen molar-refractivity contribution in [3.8, 4) is 0 Å². The second kappa shape index (κ2) is 8.29. The van der Waals surface area contributed by atoms with E-state index in [9.17, 15) is 18.8 Å². The Hall–Kier alpha value is -3.80. The van der Waals surface area contributed by atoms with Gasteiger partial charge in [0.25, 0.3) is 5.91 Å². The van der Waals surface area contributed by atoms with Gasteiger partial charge in [-0.05, 0) is 61.0 Å². The largest absolute Gasteiger partial charge is 0.322 e. The van der Waals surface area contributed by atoms with E-state index in [1.807, 2.05) is 0 Å². The van der Waals surface area contributed by atoms with Gasteiger partial charge in [0.1, 0.15) is 5.82 Å². The molecule has 0 saturated carbocycles.